The minimum absolute atomic E-state index is 0.0736. The van der Waals surface area contributed by atoms with Gasteiger partial charge < -0.3 is 14.2 Å². The second-order valence-electron chi connectivity index (χ2n) is 16.0. The summed E-state index contributed by atoms with van der Waals surface area (Å²) in [6.07, 6.45) is 49.0. The van der Waals surface area contributed by atoms with Crippen molar-refractivity contribution in [3.05, 3.63) is 24.3 Å². The predicted molar refractivity (Wildman–Crippen MR) is 233 cm³/mol. The molecule has 0 fully saturated rings. The fourth-order valence-electron chi connectivity index (χ4n) is 6.83. The summed E-state index contributed by atoms with van der Waals surface area (Å²) in [5.41, 5.74) is 0. The first-order valence-electron chi connectivity index (χ1n) is 23.8. The van der Waals surface area contributed by atoms with Gasteiger partial charge in [0.05, 0.1) is 0 Å². The van der Waals surface area contributed by atoms with Crippen LogP contribution in [0, 0.1) is 0 Å². The Balaban J connectivity index is 4.19. The molecule has 6 heteroatoms. The summed E-state index contributed by atoms with van der Waals surface area (Å²) < 4.78 is 16.6. The molecular weight excluding hydrogens is 685 g/mol. The van der Waals surface area contributed by atoms with Crippen LogP contribution in [-0.2, 0) is 28.6 Å². The highest BCUT2D eigenvalue weighted by atomic mass is 16.6. The summed E-state index contributed by atoms with van der Waals surface area (Å²) in [6.45, 7) is 6.52. The molecule has 0 saturated carbocycles. The summed E-state index contributed by atoms with van der Waals surface area (Å²) in [7, 11) is 0. The number of esters is 3. The van der Waals surface area contributed by atoms with E-state index in [1.54, 1.807) is 0 Å². The maximum absolute atomic E-state index is 12.7. The fourth-order valence-corrected chi connectivity index (χ4v) is 6.83. The lowest BCUT2D eigenvalue weighted by Gasteiger charge is -2.18. The highest BCUT2D eigenvalue weighted by Crippen LogP contribution is 2.16. The number of hydrogen-bond acceptors (Lipinski definition) is 6. The molecule has 0 heterocycles. The van der Waals surface area contributed by atoms with Crippen LogP contribution in [0.3, 0.4) is 0 Å². The first-order valence-corrected chi connectivity index (χ1v) is 23.8. The first kappa shape index (κ1) is 52.9. The van der Waals surface area contributed by atoms with E-state index < -0.39 is 6.10 Å². The average molecular weight is 775 g/mol. The third-order valence-electron chi connectivity index (χ3n) is 10.4. The monoisotopic (exact) mass is 775 g/mol. The second kappa shape index (κ2) is 44.6. The molecule has 322 valence electrons. The van der Waals surface area contributed by atoms with Gasteiger partial charge in [-0.3, -0.25) is 14.4 Å². The number of unbranched alkanes of at least 4 members (excludes halogenated alkanes) is 28. The Morgan fingerprint density at radius 1 is 0.364 bits per heavy atom. The number of carbonyl (C=O) groups is 3. The molecule has 0 aliphatic heterocycles. The van der Waals surface area contributed by atoms with Crippen molar-refractivity contribution in [1.29, 1.82) is 0 Å². The van der Waals surface area contributed by atoms with E-state index >= 15 is 0 Å². The van der Waals surface area contributed by atoms with Gasteiger partial charge in [0, 0.05) is 19.3 Å². The minimum atomic E-state index is -0.770. The van der Waals surface area contributed by atoms with Crippen LogP contribution in [0.15, 0.2) is 24.3 Å². The Kier molecular flexibility index (Phi) is 42.9. The Hall–Kier alpha value is -2.11. The summed E-state index contributed by atoms with van der Waals surface area (Å²) in [6, 6.07) is 0. The van der Waals surface area contributed by atoms with Gasteiger partial charge in [0.2, 0.25) is 0 Å². The van der Waals surface area contributed by atoms with Crippen molar-refractivity contribution in [1.82, 2.24) is 0 Å². The predicted octanol–water partition coefficient (Wildman–Crippen LogP) is 15.2. The zero-order chi connectivity index (χ0) is 40.1. The van der Waals surface area contributed by atoms with Crippen LogP contribution in [0.25, 0.3) is 0 Å². The van der Waals surface area contributed by atoms with Gasteiger partial charge in [-0.2, -0.15) is 0 Å². The SMILES string of the molecule is CCC/C=C\C/C=C\CCCCCCCC(=O)OC(COC(=O)CCCCCCCC)COC(=O)CCCCCCCCCCCCCCCCCCCC. The van der Waals surface area contributed by atoms with Gasteiger partial charge in [0.25, 0.3) is 0 Å². The average Bonchev–Trinajstić information content (AvgIpc) is 3.18. The van der Waals surface area contributed by atoms with Crippen LogP contribution in [0.4, 0.5) is 0 Å². The minimum Gasteiger partial charge on any atom is -0.462 e. The van der Waals surface area contributed by atoms with Crippen LogP contribution >= 0.6 is 0 Å². The molecule has 1 atom stereocenters. The Labute approximate surface area is 341 Å². The highest BCUT2D eigenvalue weighted by Gasteiger charge is 2.19. The Bertz CT molecular complexity index is 896. The molecule has 0 aliphatic carbocycles. The molecular formula is C49H90O6. The Morgan fingerprint density at radius 3 is 1.07 bits per heavy atom. The van der Waals surface area contributed by atoms with Crippen molar-refractivity contribution in [2.75, 3.05) is 13.2 Å². The van der Waals surface area contributed by atoms with Crippen molar-refractivity contribution in [2.45, 2.75) is 258 Å². The van der Waals surface area contributed by atoms with Crippen LogP contribution in [-0.4, -0.2) is 37.2 Å². The third kappa shape index (κ3) is 42.9. The van der Waals surface area contributed by atoms with Crippen molar-refractivity contribution in [3.63, 3.8) is 0 Å². The van der Waals surface area contributed by atoms with Gasteiger partial charge in [-0.15, -0.1) is 0 Å². The maximum atomic E-state index is 12.7. The molecule has 0 N–H and O–H groups in total. The second-order valence-corrected chi connectivity index (χ2v) is 16.0. The van der Waals surface area contributed by atoms with Gasteiger partial charge >= 0.3 is 17.9 Å². The van der Waals surface area contributed by atoms with E-state index in [0.717, 1.165) is 89.9 Å². The molecule has 0 aromatic rings. The zero-order valence-corrected chi connectivity index (χ0v) is 36.7. The quantitative estimate of drug-likeness (QED) is 0.0266. The largest absolute Gasteiger partial charge is 0.462 e. The highest BCUT2D eigenvalue weighted by molar-refractivity contribution is 5.71. The lowest BCUT2D eigenvalue weighted by atomic mass is 10.0. The van der Waals surface area contributed by atoms with E-state index in [9.17, 15) is 14.4 Å². The zero-order valence-electron chi connectivity index (χ0n) is 36.7. The van der Waals surface area contributed by atoms with Gasteiger partial charge in [-0.25, -0.2) is 0 Å². The van der Waals surface area contributed by atoms with Crippen molar-refractivity contribution < 1.29 is 28.6 Å². The smallest absolute Gasteiger partial charge is 0.306 e. The van der Waals surface area contributed by atoms with E-state index in [-0.39, 0.29) is 31.1 Å². The molecule has 0 bridgehead atoms. The summed E-state index contributed by atoms with van der Waals surface area (Å²) in [4.78, 5) is 37.6. The summed E-state index contributed by atoms with van der Waals surface area (Å²) >= 11 is 0. The van der Waals surface area contributed by atoms with Crippen molar-refractivity contribution >= 4 is 17.9 Å². The molecule has 0 aromatic carbocycles. The number of ether oxygens (including phenoxy) is 3. The van der Waals surface area contributed by atoms with Gasteiger partial charge in [0.15, 0.2) is 6.10 Å². The number of allylic oxidation sites excluding steroid dienone is 4. The van der Waals surface area contributed by atoms with Gasteiger partial charge in [-0.05, 0) is 44.9 Å². The molecule has 0 amide bonds. The molecule has 0 aliphatic rings. The van der Waals surface area contributed by atoms with Crippen molar-refractivity contribution in [2.24, 2.45) is 0 Å². The van der Waals surface area contributed by atoms with Crippen LogP contribution in [0.5, 0.6) is 0 Å². The third-order valence-corrected chi connectivity index (χ3v) is 10.4. The van der Waals surface area contributed by atoms with Crippen molar-refractivity contribution in [3.8, 4) is 0 Å². The summed E-state index contributed by atoms with van der Waals surface area (Å²) in [5.74, 6) is -0.890. The number of carbonyl (C=O) groups excluding carboxylic acids is 3. The molecule has 55 heavy (non-hydrogen) atoms. The normalized spacial score (nSPS) is 12.1. The van der Waals surface area contributed by atoms with E-state index in [4.69, 9.17) is 14.2 Å². The number of hydrogen-bond donors (Lipinski definition) is 0. The molecule has 0 rings (SSSR count). The van der Waals surface area contributed by atoms with E-state index in [1.807, 2.05) is 0 Å². The van der Waals surface area contributed by atoms with Gasteiger partial charge in [-0.1, -0.05) is 212 Å². The molecule has 0 aromatic heterocycles. The summed E-state index contributed by atoms with van der Waals surface area (Å²) in [5, 5.41) is 0. The lowest BCUT2D eigenvalue weighted by Crippen LogP contribution is -2.30. The van der Waals surface area contributed by atoms with E-state index in [1.165, 1.54) is 122 Å². The maximum Gasteiger partial charge on any atom is 0.306 e. The molecule has 0 radical (unpaired) electrons. The first-order chi connectivity index (χ1) is 27.0. The molecule has 6 nitrogen and oxygen atoms in total. The van der Waals surface area contributed by atoms with Crippen LogP contribution < -0.4 is 0 Å². The molecule has 0 spiro atoms. The van der Waals surface area contributed by atoms with E-state index in [0.29, 0.717) is 19.3 Å². The molecule has 1 unspecified atom stereocenters. The molecule has 0 saturated heterocycles. The van der Waals surface area contributed by atoms with Gasteiger partial charge in [0.1, 0.15) is 13.2 Å². The lowest BCUT2D eigenvalue weighted by molar-refractivity contribution is -0.167. The fraction of sp³-hybridized carbons (Fsp3) is 0.857. The van der Waals surface area contributed by atoms with E-state index in [2.05, 4.69) is 45.1 Å². The topological polar surface area (TPSA) is 78.9 Å². The van der Waals surface area contributed by atoms with Crippen LogP contribution in [0.1, 0.15) is 252 Å². The standard InChI is InChI=1S/C49H90O6/c1-4-7-10-13-16-18-20-22-23-24-25-26-28-29-31-33-36-39-42-48(51)54-45-46(44-53-47(50)41-38-35-15-12-9-6-3)55-49(52)43-40-37-34-32-30-27-21-19-17-14-11-8-5-2/h11,14,19,21,46H,4-10,12-13,15-18,20,22-45H2,1-3H3/b14-11-,21-19-. The Morgan fingerprint density at radius 2 is 0.691 bits per heavy atom. The van der Waals surface area contributed by atoms with Crippen LogP contribution in [0.2, 0.25) is 0 Å². The number of rotatable bonds is 43.